The molecule has 0 bridgehead atoms. The van der Waals surface area contributed by atoms with Crippen LogP contribution in [0.5, 0.6) is 5.75 Å². The Bertz CT molecular complexity index is 714. The van der Waals surface area contributed by atoms with E-state index in [1.165, 1.54) is 4.90 Å². The number of urea groups is 1. The molecule has 0 unspecified atom stereocenters. The molecule has 0 saturated carbocycles. The van der Waals surface area contributed by atoms with Crippen molar-refractivity contribution in [1.82, 2.24) is 15.5 Å². The van der Waals surface area contributed by atoms with Gasteiger partial charge in [0.2, 0.25) is 0 Å². The van der Waals surface area contributed by atoms with Crippen LogP contribution >= 0.6 is 0 Å². The Balaban J connectivity index is 1.87. The summed E-state index contributed by atoms with van der Waals surface area (Å²) < 4.78 is 0. The molecule has 2 aromatic carbocycles. The highest BCUT2D eigenvalue weighted by Crippen LogP contribution is 2.12. The topological polar surface area (TPSA) is 81.7 Å². The van der Waals surface area contributed by atoms with Gasteiger partial charge in [0, 0.05) is 32.7 Å². The number of hydrogen-bond donors (Lipinski definition) is 3. The van der Waals surface area contributed by atoms with E-state index < -0.39 is 0 Å². The molecule has 3 N–H and O–H groups in total. The number of hydrogen-bond acceptors (Lipinski definition) is 3. The van der Waals surface area contributed by atoms with Crippen molar-refractivity contribution in [3.63, 3.8) is 0 Å². The summed E-state index contributed by atoms with van der Waals surface area (Å²) in [5.41, 5.74) is 2.33. The Hall–Kier alpha value is -3.02. The summed E-state index contributed by atoms with van der Waals surface area (Å²) in [6, 6.07) is 13.6. The van der Waals surface area contributed by atoms with E-state index in [2.05, 4.69) is 10.6 Å². The Kier molecular flexibility index (Phi) is 5.78. The van der Waals surface area contributed by atoms with Crippen LogP contribution in [0.4, 0.5) is 4.79 Å². The first kappa shape index (κ1) is 17.3. The molecule has 0 aliphatic heterocycles. The molecule has 3 amide bonds. The number of rotatable bonds is 5. The fourth-order valence-electron chi connectivity index (χ4n) is 2.23. The molecule has 126 valence electrons. The normalized spacial score (nSPS) is 10.1. The average molecular weight is 327 g/mol. The zero-order valence-electron chi connectivity index (χ0n) is 13.7. The quantitative estimate of drug-likeness (QED) is 0.786. The van der Waals surface area contributed by atoms with E-state index in [4.69, 9.17) is 0 Å². The number of amides is 3. The van der Waals surface area contributed by atoms with Gasteiger partial charge in [0.25, 0.3) is 5.91 Å². The summed E-state index contributed by atoms with van der Waals surface area (Å²) in [5, 5.41) is 14.8. The lowest BCUT2D eigenvalue weighted by molar-refractivity contribution is 0.0963. The van der Waals surface area contributed by atoms with Crippen LogP contribution in [0.15, 0.2) is 48.5 Å². The van der Waals surface area contributed by atoms with Gasteiger partial charge in [-0.1, -0.05) is 24.3 Å². The van der Waals surface area contributed by atoms with Crippen LogP contribution in [0, 0.1) is 0 Å². The molecule has 0 aromatic heterocycles. The van der Waals surface area contributed by atoms with Gasteiger partial charge >= 0.3 is 6.03 Å². The highest BCUT2D eigenvalue weighted by atomic mass is 16.3. The second kappa shape index (κ2) is 8.01. The second-order valence-electron chi connectivity index (χ2n) is 5.46. The Morgan fingerprint density at radius 3 is 2.42 bits per heavy atom. The predicted octanol–water partition coefficient (Wildman–Crippen LogP) is 2.09. The maximum atomic E-state index is 12.1. The van der Waals surface area contributed by atoms with Gasteiger partial charge in [-0.25, -0.2) is 4.79 Å². The molecule has 0 heterocycles. The molecule has 0 aliphatic rings. The summed E-state index contributed by atoms with van der Waals surface area (Å²) in [4.78, 5) is 25.1. The van der Waals surface area contributed by atoms with Crippen molar-refractivity contribution in [2.75, 3.05) is 14.1 Å². The summed E-state index contributed by atoms with van der Waals surface area (Å²) >= 11 is 0. The summed E-state index contributed by atoms with van der Waals surface area (Å²) in [7, 11) is 3.27. The molecular formula is C18H21N3O3. The standard InChI is InChI=1S/C18H21N3O3/c1-19-17(23)15-8-6-13(7-9-15)11-20-18(24)21(2)12-14-4-3-5-16(22)10-14/h3-10,22H,11-12H2,1-2H3,(H,19,23)(H,20,24). The van der Waals surface area contributed by atoms with Crippen LogP contribution in [0.2, 0.25) is 0 Å². The van der Waals surface area contributed by atoms with E-state index in [1.54, 1.807) is 56.6 Å². The monoisotopic (exact) mass is 327 g/mol. The molecule has 2 rings (SSSR count). The van der Waals surface area contributed by atoms with Gasteiger partial charge in [0.1, 0.15) is 5.75 Å². The first-order chi connectivity index (χ1) is 11.5. The van der Waals surface area contributed by atoms with E-state index >= 15 is 0 Å². The minimum absolute atomic E-state index is 0.142. The molecule has 0 radical (unpaired) electrons. The van der Waals surface area contributed by atoms with Gasteiger partial charge in [0.05, 0.1) is 0 Å². The predicted molar refractivity (Wildman–Crippen MR) is 91.6 cm³/mol. The molecular weight excluding hydrogens is 306 g/mol. The number of carbonyl (C=O) groups is 2. The third-order valence-electron chi connectivity index (χ3n) is 3.56. The molecule has 6 heteroatoms. The number of phenolic OH excluding ortho intramolecular Hbond substituents is 1. The van der Waals surface area contributed by atoms with E-state index in [9.17, 15) is 14.7 Å². The first-order valence-electron chi connectivity index (χ1n) is 7.57. The fraction of sp³-hybridized carbons (Fsp3) is 0.222. The highest BCUT2D eigenvalue weighted by molar-refractivity contribution is 5.93. The smallest absolute Gasteiger partial charge is 0.317 e. The van der Waals surface area contributed by atoms with Crippen molar-refractivity contribution in [2.45, 2.75) is 13.1 Å². The van der Waals surface area contributed by atoms with Gasteiger partial charge in [-0.2, -0.15) is 0 Å². The average Bonchev–Trinajstić information content (AvgIpc) is 2.59. The molecule has 0 atom stereocenters. The van der Waals surface area contributed by atoms with Crippen LogP contribution < -0.4 is 10.6 Å². The van der Waals surface area contributed by atoms with Crippen molar-refractivity contribution < 1.29 is 14.7 Å². The fourth-order valence-corrected chi connectivity index (χ4v) is 2.23. The van der Waals surface area contributed by atoms with E-state index in [0.717, 1.165) is 11.1 Å². The number of aromatic hydroxyl groups is 1. The Morgan fingerprint density at radius 1 is 1.08 bits per heavy atom. The molecule has 0 saturated heterocycles. The SMILES string of the molecule is CNC(=O)c1ccc(CNC(=O)N(C)Cc2cccc(O)c2)cc1. The lowest BCUT2D eigenvalue weighted by Crippen LogP contribution is -2.36. The Labute approximate surface area is 141 Å². The number of carbonyl (C=O) groups excluding carboxylic acids is 2. The van der Waals surface area contributed by atoms with Crippen LogP contribution in [-0.4, -0.2) is 36.0 Å². The number of nitrogens with one attached hydrogen (secondary N) is 2. The van der Waals surface area contributed by atoms with Gasteiger partial charge in [-0.15, -0.1) is 0 Å². The highest BCUT2D eigenvalue weighted by Gasteiger charge is 2.09. The molecule has 6 nitrogen and oxygen atoms in total. The number of nitrogens with zero attached hydrogens (tertiary/aromatic N) is 1. The van der Waals surface area contributed by atoms with Crippen molar-refractivity contribution in [2.24, 2.45) is 0 Å². The van der Waals surface area contributed by atoms with Crippen LogP contribution in [0.1, 0.15) is 21.5 Å². The van der Waals surface area contributed by atoms with Gasteiger partial charge in [0.15, 0.2) is 0 Å². The van der Waals surface area contributed by atoms with E-state index in [-0.39, 0.29) is 17.7 Å². The lowest BCUT2D eigenvalue weighted by atomic mass is 10.1. The van der Waals surface area contributed by atoms with Crippen molar-refractivity contribution in [3.05, 3.63) is 65.2 Å². The summed E-state index contributed by atoms with van der Waals surface area (Å²) in [6.45, 7) is 0.771. The van der Waals surface area contributed by atoms with Crippen molar-refractivity contribution >= 4 is 11.9 Å². The number of benzene rings is 2. The first-order valence-corrected chi connectivity index (χ1v) is 7.57. The third kappa shape index (κ3) is 4.74. The van der Waals surface area contributed by atoms with Gasteiger partial charge < -0.3 is 20.6 Å². The zero-order valence-corrected chi connectivity index (χ0v) is 13.7. The van der Waals surface area contributed by atoms with E-state index in [1.807, 2.05) is 6.07 Å². The minimum Gasteiger partial charge on any atom is -0.508 e. The third-order valence-corrected chi connectivity index (χ3v) is 3.56. The maximum Gasteiger partial charge on any atom is 0.317 e. The van der Waals surface area contributed by atoms with Crippen molar-refractivity contribution in [1.29, 1.82) is 0 Å². The number of phenols is 1. The summed E-state index contributed by atoms with van der Waals surface area (Å²) in [6.07, 6.45) is 0. The molecule has 2 aromatic rings. The molecule has 0 aliphatic carbocycles. The van der Waals surface area contributed by atoms with Crippen LogP contribution in [-0.2, 0) is 13.1 Å². The van der Waals surface area contributed by atoms with Gasteiger partial charge in [-0.3, -0.25) is 4.79 Å². The van der Waals surface area contributed by atoms with Crippen LogP contribution in [0.25, 0.3) is 0 Å². The lowest BCUT2D eigenvalue weighted by Gasteiger charge is -2.18. The van der Waals surface area contributed by atoms with Crippen LogP contribution in [0.3, 0.4) is 0 Å². The summed E-state index contributed by atoms with van der Waals surface area (Å²) in [5.74, 6) is 0.0361. The molecule has 0 fully saturated rings. The largest absolute Gasteiger partial charge is 0.508 e. The Morgan fingerprint density at radius 2 is 1.79 bits per heavy atom. The zero-order chi connectivity index (χ0) is 17.5. The second-order valence-corrected chi connectivity index (χ2v) is 5.46. The minimum atomic E-state index is -0.214. The van der Waals surface area contributed by atoms with Gasteiger partial charge in [-0.05, 0) is 35.4 Å². The molecule has 0 spiro atoms. The maximum absolute atomic E-state index is 12.1. The van der Waals surface area contributed by atoms with Crippen molar-refractivity contribution in [3.8, 4) is 5.75 Å². The molecule has 24 heavy (non-hydrogen) atoms. The van der Waals surface area contributed by atoms with E-state index in [0.29, 0.717) is 18.7 Å².